The van der Waals surface area contributed by atoms with Crippen LogP contribution in [0.3, 0.4) is 0 Å². The number of hydrogen-bond donors (Lipinski definition) is 1. The monoisotopic (exact) mass is 239 g/mol. The lowest BCUT2D eigenvalue weighted by Gasteiger charge is -2.37. The summed E-state index contributed by atoms with van der Waals surface area (Å²) in [6, 6.07) is 0. The summed E-state index contributed by atoms with van der Waals surface area (Å²) >= 11 is 0. The van der Waals surface area contributed by atoms with Crippen LogP contribution in [0.25, 0.3) is 0 Å². The average molecular weight is 239 g/mol. The molecule has 0 saturated heterocycles. The Morgan fingerprint density at radius 1 is 1.24 bits per heavy atom. The van der Waals surface area contributed by atoms with Crippen LogP contribution in [0.5, 0.6) is 0 Å². The third-order valence-electron chi connectivity index (χ3n) is 4.90. The number of methoxy groups -OCH3 is 1. The number of ether oxygens (including phenoxy) is 1. The van der Waals surface area contributed by atoms with Crippen molar-refractivity contribution in [2.75, 3.05) is 26.8 Å². The molecule has 0 bridgehead atoms. The lowest BCUT2D eigenvalue weighted by molar-refractivity contribution is 0.0632. The summed E-state index contributed by atoms with van der Waals surface area (Å²) in [5, 5.41) is 3.69. The third kappa shape index (κ3) is 3.03. The second-order valence-corrected chi connectivity index (χ2v) is 6.91. The molecule has 2 aliphatic carbocycles. The summed E-state index contributed by atoms with van der Waals surface area (Å²) in [5.41, 5.74) is 0.526. The minimum absolute atomic E-state index is 0.526. The van der Waals surface area contributed by atoms with Crippen molar-refractivity contribution in [1.29, 1.82) is 0 Å². The largest absolute Gasteiger partial charge is 0.384 e. The van der Waals surface area contributed by atoms with Gasteiger partial charge in [-0.2, -0.15) is 0 Å². The minimum Gasteiger partial charge on any atom is -0.384 e. The van der Waals surface area contributed by atoms with Gasteiger partial charge in [0.2, 0.25) is 0 Å². The topological polar surface area (TPSA) is 21.3 Å². The Bertz CT molecular complexity index is 241. The number of fused-ring (bicyclic) bond motifs is 1. The Labute approximate surface area is 107 Å². The molecule has 2 nitrogen and oxygen atoms in total. The van der Waals surface area contributed by atoms with Crippen molar-refractivity contribution in [3.63, 3.8) is 0 Å². The van der Waals surface area contributed by atoms with E-state index in [1.54, 1.807) is 0 Å². The molecule has 0 spiro atoms. The van der Waals surface area contributed by atoms with Crippen LogP contribution in [0.1, 0.15) is 40.0 Å². The van der Waals surface area contributed by atoms with Crippen LogP contribution in [-0.4, -0.2) is 26.8 Å². The Kier molecular flexibility index (Phi) is 4.14. The van der Waals surface area contributed by atoms with E-state index in [9.17, 15) is 0 Å². The average Bonchev–Trinajstić information content (AvgIpc) is 2.87. The molecule has 1 N–H and O–H groups in total. The molecule has 0 radical (unpaired) electrons. The van der Waals surface area contributed by atoms with E-state index >= 15 is 0 Å². The zero-order valence-electron chi connectivity index (χ0n) is 12.0. The molecule has 3 atom stereocenters. The highest BCUT2D eigenvalue weighted by Gasteiger charge is 2.55. The van der Waals surface area contributed by atoms with E-state index in [4.69, 9.17) is 4.74 Å². The quantitative estimate of drug-likeness (QED) is 0.737. The van der Waals surface area contributed by atoms with Gasteiger partial charge in [0.15, 0.2) is 0 Å². The van der Waals surface area contributed by atoms with Crippen molar-refractivity contribution >= 4 is 0 Å². The molecule has 2 fully saturated rings. The number of rotatable bonds is 7. The summed E-state index contributed by atoms with van der Waals surface area (Å²) < 4.78 is 5.39. The molecule has 2 saturated carbocycles. The van der Waals surface area contributed by atoms with Crippen LogP contribution >= 0.6 is 0 Å². The molecule has 100 valence electrons. The standard InChI is InChI=1S/C15H29NO/c1-11(2)8-16-10-15(12(3)9-17-4)6-13-5-14(13)7-15/h11-14,16H,5-10H2,1-4H3. The molecule has 2 heteroatoms. The van der Waals surface area contributed by atoms with Crippen molar-refractivity contribution in [1.82, 2.24) is 5.32 Å². The van der Waals surface area contributed by atoms with Gasteiger partial charge in [-0.3, -0.25) is 0 Å². The second kappa shape index (κ2) is 5.27. The molecule has 0 aromatic rings. The van der Waals surface area contributed by atoms with Crippen LogP contribution in [-0.2, 0) is 4.74 Å². The molecule has 0 amide bonds. The van der Waals surface area contributed by atoms with Crippen molar-refractivity contribution in [3.8, 4) is 0 Å². The summed E-state index contributed by atoms with van der Waals surface area (Å²) in [6.45, 7) is 10.2. The maximum atomic E-state index is 5.39. The molecule has 17 heavy (non-hydrogen) atoms. The van der Waals surface area contributed by atoms with Crippen molar-refractivity contribution < 1.29 is 4.74 Å². The Morgan fingerprint density at radius 3 is 2.41 bits per heavy atom. The van der Waals surface area contributed by atoms with Crippen LogP contribution < -0.4 is 5.32 Å². The Morgan fingerprint density at radius 2 is 1.88 bits per heavy atom. The molecule has 2 rings (SSSR count). The molecule has 0 aliphatic heterocycles. The maximum absolute atomic E-state index is 5.39. The summed E-state index contributed by atoms with van der Waals surface area (Å²) in [7, 11) is 1.83. The highest BCUT2D eigenvalue weighted by molar-refractivity contribution is 5.05. The van der Waals surface area contributed by atoms with E-state index in [2.05, 4.69) is 26.1 Å². The number of nitrogens with one attached hydrogen (secondary N) is 1. The SMILES string of the molecule is COCC(C)C1(CNCC(C)C)CC2CC2C1. The fourth-order valence-electron chi connectivity index (χ4n) is 3.70. The van der Waals surface area contributed by atoms with Gasteiger partial charge in [-0.1, -0.05) is 20.8 Å². The van der Waals surface area contributed by atoms with Gasteiger partial charge in [0.05, 0.1) is 0 Å². The van der Waals surface area contributed by atoms with E-state index < -0.39 is 0 Å². The minimum atomic E-state index is 0.526. The lowest BCUT2D eigenvalue weighted by atomic mass is 9.72. The van der Waals surface area contributed by atoms with Gasteiger partial charge in [-0.25, -0.2) is 0 Å². The first-order chi connectivity index (χ1) is 8.07. The zero-order chi connectivity index (χ0) is 12.5. The summed E-state index contributed by atoms with van der Waals surface area (Å²) in [4.78, 5) is 0. The smallest absolute Gasteiger partial charge is 0.0493 e. The van der Waals surface area contributed by atoms with Crippen molar-refractivity contribution in [3.05, 3.63) is 0 Å². The highest BCUT2D eigenvalue weighted by atomic mass is 16.5. The first kappa shape index (κ1) is 13.4. The van der Waals surface area contributed by atoms with Crippen LogP contribution in [0.4, 0.5) is 0 Å². The van der Waals surface area contributed by atoms with Gasteiger partial charge in [-0.15, -0.1) is 0 Å². The predicted octanol–water partition coefficient (Wildman–Crippen LogP) is 2.93. The fourth-order valence-corrected chi connectivity index (χ4v) is 3.70. The maximum Gasteiger partial charge on any atom is 0.0493 e. The molecule has 2 aliphatic rings. The summed E-state index contributed by atoms with van der Waals surface area (Å²) in [6.07, 6.45) is 4.38. The van der Waals surface area contributed by atoms with Crippen molar-refractivity contribution in [2.45, 2.75) is 40.0 Å². The van der Waals surface area contributed by atoms with E-state index in [0.29, 0.717) is 11.3 Å². The first-order valence-corrected chi connectivity index (χ1v) is 7.27. The van der Waals surface area contributed by atoms with E-state index in [1.165, 1.54) is 25.8 Å². The zero-order valence-corrected chi connectivity index (χ0v) is 12.0. The van der Waals surface area contributed by atoms with Crippen molar-refractivity contribution in [2.24, 2.45) is 29.1 Å². The number of hydrogen-bond acceptors (Lipinski definition) is 2. The Balaban J connectivity index is 1.88. The molecule has 0 heterocycles. The van der Waals surface area contributed by atoms with Gasteiger partial charge in [0, 0.05) is 20.3 Å². The Hall–Kier alpha value is -0.0800. The van der Waals surface area contributed by atoms with Gasteiger partial charge in [0.1, 0.15) is 0 Å². The highest BCUT2D eigenvalue weighted by Crippen LogP contribution is 2.62. The van der Waals surface area contributed by atoms with Gasteiger partial charge in [-0.05, 0) is 54.9 Å². The first-order valence-electron chi connectivity index (χ1n) is 7.27. The van der Waals surface area contributed by atoms with E-state index in [0.717, 1.165) is 30.9 Å². The van der Waals surface area contributed by atoms with E-state index in [-0.39, 0.29) is 0 Å². The normalized spacial score (nSPS) is 37.2. The van der Waals surface area contributed by atoms with Gasteiger partial charge in [0.25, 0.3) is 0 Å². The third-order valence-corrected chi connectivity index (χ3v) is 4.90. The predicted molar refractivity (Wildman–Crippen MR) is 72.0 cm³/mol. The van der Waals surface area contributed by atoms with E-state index in [1.807, 2.05) is 7.11 Å². The summed E-state index contributed by atoms with van der Waals surface area (Å²) in [5.74, 6) is 3.55. The second-order valence-electron chi connectivity index (χ2n) is 6.91. The fraction of sp³-hybridized carbons (Fsp3) is 1.00. The molecule has 0 aromatic heterocycles. The molecular weight excluding hydrogens is 210 g/mol. The lowest BCUT2D eigenvalue weighted by Crippen LogP contribution is -2.41. The van der Waals surface area contributed by atoms with Crippen LogP contribution in [0.15, 0.2) is 0 Å². The van der Waals surface area contributed by atoms with Crippen LogP contribution in [0, 0.1) is 29.1 Å². The van der Waals surface area contributed by atoms with Gasteiger partial charge < -0.3 is 10.1 Å². The molecular formula is C15H29NO. The van der Waals surface area contributed by atoms with Gasteiger partial charge >= 0.3 is 0 Å². The molecule has 3 unspecified atom stereocenters. The van der Waals surface area contributed by atoms with Crippen LogP contribution in [0.2, 0.25) is 0 Å². The molecule has 0 aromatic carbocycles.